The fourth-order valence-electron chi connectivity index (χ4n) is 1.35. The zero-order valence-corrected chi connectivity index (χ0v) is 9.94. The van der Waals surface area contributed by atoms with Crippen molar-refractivity contribution < 1.29 is 9.53 Å². The van der Waals surface area contributed by atoms with Gasteiger partial charge < -0.3 is 10.1 Å². The van der Waals surface area contributed by atoms with E-state index in [9.17, 15) is 4.79 Å². The van der Waals surface area contributed by atoms with Crippen LogP contribution in [0.1, 0.15) is 0 Å². The van der Waals surface area contributed by atoms with Gasteiger partial charge in [-0.3, -0.25) is 4.57 Å². The van der Waals surface area contributed by atoms with Crippen LogP contribution < -0.4 is 10.1 Å². The Morgan fingerprint density at radius 3 is 2.59 bits per heavy atom. The lowest BCUT2D eigenvalue weighted by Crippen LogP contribution is -2.17. The van der Waals surface area contributed by atoms with Crippen molar-refractivity contribution >= 4 is 23.3 Å². The van der Waals surface area contributed by atoms with Crippen LogP contribution in [0.2, 0.25) is 5.02 Å². The average Bonchev–Trinajstić information content (AvgIpc) is 2.81. The number of methoxy groups -OCH3 is 1. The summed E-state index contributed by atoms with van der Waals surface area (Å²) in [6, 6.07) is 8.36. The van der Waals surface area contributed by atoms with Crippen molar-refractivity contribution in [2.24, 2.45) is 0 Å². The van der Waals surface area contributed by atoms with Gasteiger partial charge in [0, 0.05) is 16.9 Å². The molecular formula is C12H11ClN2O2. The fourth-order valence-corrected chi connectivity index (χ4v) is 1.47. The second-order valence-electron chi connectivity index (χ2n) is 3.40. The summed E-state index contributed by atoms with van der Waals surface area (Å²) < 4.78 is 6.40. The van der Waals surface area contributed by atoms with E-state index in [1.807, 2.05) is 0 Å². The summed E-state index contributed by atoms with van der Waals surface area (Å²) in [4.78, 5) is 11.8. The molecule has 0 aliphatic rings. The Bertz CT molecular complexity index is 520. The number of aromatic nitrogens is 1. The molecule has 0 aliphatic carbocycles. The molecule has 0 bridgehead atoms. The van der Waals surface area contributed by atoms with E-state index in [0.717, 1.165) is 0 Å². The number of hydrogen-bond donors (Lipinski definition) is 1. The Hall–Kier alpha value is -1.94. The fraction of sp³-hybridized carbons (Fsp3) is 0.0833. The van der Waals surface area contributed by atoms with Crippen molar-refractivity contribution in [1.29, 1.82) is 0 Å². The van der Waals surface area contributed by atoms with Crippen LogP contribution in [0.3, 0.4) is 0 Å². The number of carbonyl (C=O) groups excluding carboxylic acids is 1. The van der Waals surface area contributed by atoms with E-state index >= 15 is 0 Å². The van der Waals surface area contributed by atoms with E-state index in [-0.39, 0.29) is 6.03 Å². The number of benzene rings is 1. The topological polar surface area (TPSA) is 43.3 Å². The Morgan fingerprint density at radius 2 is 2.00 bits per heavy atom. The molecule has 0 saturated heterocycles. The monoisotopic (exact) mass is 250 g/mol. The van der Waals surface area contributed by atoms with Crippen LogP contribution in [-0.2, 0) is 0 Å². The molecule has 88 valence electrons. The molecule has 5 heteroatoms. The highest BCUT2D eigenvalue weighted by Gasteiger charge is 2.05. The van der Waals surface area contributed by atoms with Gasteiger partial charge in [0.2, 0.25) is 0 Å². The minimum absolute atomic E-state index is 0.254. The van der Waals surface area contributed by atoms with Crippen molar-refractivity contribution in [2.75, 3.05) is 12.4 Å². The highest BCUT2D eigenvalue weighted by Crippen LogP contribution is 2.15. The van der Waals surface area contributed by atoms with E-state index in [2.05, 4.69) is 5.32 Å². The molecule has 0 unspecified atom stereocenters. The van der Waals surface area contributed by atoms with Crippen LogP contribution in [0.15, 0.2) is 42.7 Å². The van der Waals surface area contributed by atoms with Crippen LogP contribution in [0, 0.1) is 0 Å². The molecule has 1 amide bonds. The first kappa shape index (κ1) is 11.5. The van der Waals surface area contributed by atoms with E-state index in [1.165, 1.54) is 4.57 Å². The second kappa shape index (κ2) is 4.93. The molecule has 0 fully saturated rings. The largest absolute Gasteiger partial charge is 0.495 e. The van der Waals surface area contributed by atoms with Gasteiger partial charge in [-0.25, -0.2) is 4.79 Å². The maximum absolute atomic E-state index is 11.8. The van der Waals surface area contributed by atoms with Gasteiger partial charge in [0.25, 0.3) is 0 Å². The number of carbonyl (C=O) groups is 1. The standard InChI is InChI=1S/C12H11ClN2O2/c1-17-11-6-7-15(8-11)12(16)14-10-4-2-9(13)3-5-10/h2-8H,1H3,(H,14,16). The van der Waals surface area contributed by atoms with E-state index in [4.69, 9.17) is 16.3 Å². The quantitative estimate of drug-likeness (QED) is 0.889. The molecule has 17 heavy (non-hydrogen) atoms. The van der Waals surface area contributed by atoms with Crippen molar-refractivity contribution in [1.82, 2.24) is 4.57 Å². The molecule has 0 spiro atoms. The molecule has 1 aromatic carbocycles. The zero-order valence-electron chi connectivity index (χ0n) is 9.18. The third kappa shape index (κ3) is 2.79. The molecule has 0 atom stereocenters. The average molecular weight is 251 g/mol. The van der Waals surface area contributed by atoms with Gasteiger partial charge in [0.05, 0.1) is 13.3 Å². The van der Waals surface area contributed by atoms with Crippen LogP contribution in [-0.4, -0.2) is 17.7 Å². The highest BCUT2D eigenvalue weighted by molar-refractivity contribution is 6.30. The lowest BCUT2D eigenvalue weighted by molar-refractivity contribution is 0.253. The minimum atomic E-state index is -0.254. The van der Waals surface area contributed by atoms with E-state index < -0.39 is 0 Å². The number of anilines is 1. The molecule has 2 aromatic rings. The Morgan fingerprint density at radius 1 is 1.29 bits per heavy atom. The zero-order chi connectivity index (χ0) is 12.3. The molecular weight excluding hydrogens is 240 g/mol. The first-order valence-corrected chi connectivity index (χ1v) is 5.36. The van der Waals surface area contributed by atoms with Gasteiger partial charge in [0.1, 0.15) is 5.75 Å². The second-order valence-corrected chi connectivity index (χ2v) is 3.83. The van der Waals surface area contributed by atoms with Crippen molar-refractivity contribution in [3.8, 4) is 5.75 Å². The van der Waals surface area contributed by atoms with Crippen LogP contribution >= 0.6 is 11.6 Å². The smallest absolute Gasteiger partial charge is 0.330 e. The first-order valence-electron chi connectivity index (χ1n) is 4.98. The van der Waals surface area contributed by atoms with Crippen LogP contribution in [0.5, 0.6) is 5.75 Å². The number of rotatable bonds is 2. The normalized spacial score (nSPS) is 10.0. The summed E-state index contributed by atoms with van der Waals surface area (Å²) in [6.07, 6.45) is 3.23. The number of amides is 1. The maximum Gasteiger partial charge on any atom is 0.330 e. The summed E-state index contributed by atoms with van der Waals surface area (Å²) in [7, 11) is 1.55. The summed E-state index contributed by atoms with van der Waals surface area (Å²) >= 11 is 5.75. The predicted octanol–water partition coefficient (Wildman–Crippen LogP) is 3.23. The van der Waals surface area contributed by atoms with Crippen LogP contribution in [0.4, 0.5) is 10.5 Å². The van der Waals surface area contributed by atoms with E-state index in [1.54, 1.807) is 49.8 Å². The maximum atomic E-state index is 11.8. The predicted molar refractivity (Wildman–Crippen MR) is 66.9 cm³/mol. The lowest BCUT2D eigenvalue weighted by Gasteiger charge is -2.05. The number of hydrogen-bond acceptors (Lipinski definition) is 2. The van der Waals surface area contributed by atoms with Gasteiger partial charge in [0.15, 0.2) is 0 Å². The molecule has 1 heterocycles. The van der Waals surface area contributed by atoms with Crippen molar-refractivity contribution in [2.45, 2.75) is 0 Å². The Kier molecular flexibility index (Phi) is 3.35. The Balaban J connectivity index is 2.08. The van der Waals surface area contributed by atoms with Gasteiger partial charge in [-0.1, -0.05) is 11.6 Å². The summed E-state index contributed by atoms with van der Waals surface area (Å²) in [5.74, 6) is 0.635. The number of nitrogens with zero attached hydrogens (tertiary/aromatic N) is 1. The first-order chi connectivity index (χ1) is 8.19. The summed E-state index contributed by atoms with van der Waals surface area (Å²) in [6.45, 7) is 0. The SMILES string of the molecule is COc1ccn(C(=O)Nc2ccc(Cl)cc2)c1. The highest BCUT2D eigenvalue weighted by atomic mass is 35.5. The molecule has 1 N–H and O–H groups in total. The minimum Gasteiger partial charge on any atom is -0.495 e. The summed E-state index contributed by atoms with van der Waals surface area (Å²) in [5, 5.41) is 3.36. The van der Waals surface area contributed by atoms with Crippen molar-refractivity contribution in [3.63, 3.8) is 0 Å². The molecule has 4 nitrogen and oxygen atoms in total. The number of halogens is 1. The van der Waals surface area contributed by atoms with Gasteiger partial charge in [-0.2, -0.15) is 0 Å². The van der Waals surface area contributed by atoms with Crippen molar-refractivity contribution in [3.05, 3.63) is 47.7 Å². The third-order valence-electron chi connectivity index (χ3n) is 2.23. The molecule has 0 radical (unpaired) electrons. The summed E-state index contributed by atoms with van der Waals surface area (Å²) in [5.41, 5.74) is 0.687. The number of nitrogens with one attached hydrogen (secondary N) is 1. The Labute approximate surface area is 104 Å². The third-order valence-corrected chi connectivity index (χ3v) is 2.48. The van der Waals surface area contributed by atoms with Gasteiger partial charge in [-0.15, -0.1) is 0 Å². The molecule has 1 aromatic heterocycles. The van der Waals surface area contributed by atoms with Gasteiger partial charge >= 0.3 is 6.03 Å². The molecule has 0 aliphatic heterocycles. The molecule has 2 rings (SSSR count). The van der Waals surface area contributed by atoms with E-state index in [0.29, 0.717) is 16.5 Å². The van der Waals surface area contributed by atoms with Crippen LogP contribution in [0.25, 0.3) is 0 Å². The molecule has 0 saturated carbocycles. The number of ether oxygens (including phenoxy) is 1. The van der Waals surface area contributed by atoms with Gasteiger partial charge in [-0.05, 0) is 30.3 Å². The lowest BCUT2D eigenvalue weighted by atomic mass is 10.3.